The topological polar surface area (TPSA) is 73.8 Å². The molecule has 0 spiro atoms. The number of nitrogens with zero attached hydrogens (tertiary/aromatic N) is 2. The molecule has 1 aromatic rings. The summed E-state index contributed by atoms with van der Waals surface area (Å²) in [6, 6.07) is 12.0. The third-order valence-corrected chi connectivity index (χ3v) is 5.09. The lowest BCUT2D eigenvalue weighted by atomic mass is 9.89. The number of rotatable bonds is 4. The van der Waals surface area contributed by atoms with Crippen molar-refractivity contribution in [2.75, 3.05) is 33.1 Å². The van der Waals surface area contributed by atoms with E-state index in [2.05, 4.69) is 0 Å². The molecule has 35 heavy (non-hydrogen) atoms. The Kier molecular flexibility index (Phi) is 11.1. The number of ketones is 1. The van der Waals surface area contributed by atoms with Crippen molar-refractivity contribution >= 4 is 34.0 Å². The second kappa shape index (κ2) is 13.3. The molecular formula is C29H39N2O4+. The zero-order valence-corrected chi connectivity index (χ0v) is 22.7. The van der Waals surface area contributed by atoms with E-state index in [0.717, 1.165) is 38.9 Å². The fourth-order valence-electron chi connectivity index (χ4n) is 3.54. The molecule has 1 N–H and O–H groups in total. The maximum atomic E-state index is 11.9. The number of aliphatic carboxylic acids is 1. The molecule has 0 atom stereocenters. The van der Waals surface area contributed by atoms with Crippen LogP contribution in [0.4, 0.5) is 5.69 Å². The summed E-state index contributed by atoms with van der Waals surface area (Å²) < 4.78 is 8.30. The van der Waals surface area contributed by atoms with Gasteiger partial charge in [-0.3, -0.25) is 0 Å². The van der Waals surface area contributed by atoms with Crippen LogP contribution in [0.3, 0.4) is 0 Å². The number of carboxylic acid groups (broad SMARTS) is 1. The van der Waals surface area contributed by atoms with Crippen LogP contribution in [-0.4, -0.2) is 45.0 Å². The van der Waals surface area contributed by atoms with Crippen LogP contribution in [0, 0.1) is 0 Å². The van der Waals surface area contributed by atoms with Gasteiger partial charge in [0, 0.05) is 48.4 Å². The highest BCUT2D eigenvalue weighted by Crippen LogP contribution is 2.40. The highest BCUT2D eigenvalue weighted by molar-refractivity contribution is 6.12. The Labute approximate surface area is 208 Å². The van der Waals surface area contributed by atoms with E-state index >= 15 is 0 Å². The first-order chi connectivity index (χ1) is 16.5. The molecule has 0 saturated carbocycles. The highest BCUT2D eigenvalue weighted by atomic mass is 16.4. The minimum absolute atomic E-state index is 0.167. The summed E-state index contributed by atoms with van der Waals surface area (Å²) >= 11 is 0. The van der Waals surface area contributed by atoms with Crippen LogP contribution in [0.5, 0.6) is 0 Å². The maximum absolute atomic E-state index is 11.9. The summed E-state index contributed by atoms with van der Waals surface area (Å²) in [4.78, 5) is 23.4. The molecule has 6 nitrogen and oxygen atoms in total. The second-order valence-corrected chi connectivity index (χ2v) is 8.24. The van der Waals surface area contributed by atoms with Gasteiger partial charge >= 0.3 is 5.97 Å². The predicted octanol–water partition coefficient (Wildman–Crippen LogP) is 5.69. The molecule has 0 saturated heterocycles. The van der Waals surface area contributed by atoms with E-state index < -0.39 is 5.97 Å². The molecule has 0 bridgehead atoms. The average Bonchev–Trinajstić information content (AvgIpc) is 2.81. The summed E-state index contributed by atoms with van der Waals surface area (Å²) in [5.41, 5.74) is 4.44. The van der Waals surface area contributed by atoms with E-state index in [0.29, 0.717) is 5.57 Å². The van der Waals surface area contributed by atoms with Crippen LogP contribution >= 0.6 is 0 Å². The molecular weight excluding hydrogens is 440 g/mol. The molecule has 0 aromatic heterocycles. The number of hydrogen-bond donors (Lipinski definition) is 1. The van der Waals surface area contributed by atoms with Crippen molar-refractivity contribution in [2.24, 2.45) is 0 Å². The SMILES string of the molecule is C/C=C(\C(=C/C)C(=O)O)c1c2ccc(=[N+](C)C)cc-2oc2cc(N(C)C)ccc12.CC.CC(C)=O. The number of benzene rings is 2. The standard InChI is InChI=1S/C24H26N2O3.C3H6O.C2H6/c1-7-17(18(8-2)24(27)28)23-19-11-9-15(25(3)4)13-21(19)29-22-14-16(26(5)6)10-12-20(22)23;1-3(2)4;1-2/h7-14H,1-6H3;1-2H3;1-2H3/p+1/b17-7+,18-8+;;. The van der Waals surface area contributed by atoms with Gasteiger partial charge in [-0.15, -0.1) is 0 Å². The summed E-state index contributed by atoms with van der Waals surface area (Å²) in [5.74, 6) is -0.0627. The normalized spacial score (nSPS) is 11.3. The van der Waals surface area contributed by atoms with Gasteiger partial charge in [0.1, 0.15) is 31.2 Å². The quantitative estimate of drug-likeness (QED) is 0.225. The molecule has 1 aliphatic carbocycles. The fourth-order valence-corrected chi connectivity index (χ4v) is 3.54. The zero-order chi connectivity index (χ0) is 26.9. The van der Waals surface area contributed by atoms with Crippen molar-refractivity contribution in [1.29, 1.82) is 0 Å². The predicted molar refractivity (Wildman–Crippen MR) is 147 cm³/mol. The van der Waals surface area contributed by atoms with Crippen LogP contribution < -0.4 is 14.8 Å². The van der Waals surface area contributed by atoms with Crippen molar-refractivity contribution in [1.82, 2.24) is 4.58 Å². The lowest BCUT2D eigenvalue weighted by molar-refractivity contribution is -0.132. The first-order valence-electron chi connectivity index (χ1n) is 11.7. The maximum Gasteiger partial charge on any atom is 0.335 e. The van der Waals surface area contributed by atoms with Crippen molar-refractivity contribution in [3.05, 3.63) is 65.0 Å². The van der Waals surface area contributed by atoms with E-state index in [1.807, 2.05) is 101 Å². The molecule has 1 aliphatic heterocycles. The van der Waals surface area contributed by atoms with Crippen molar-refractivity contribution in [2.45, 2.75) is 41.5 Å². The molecule has 1 aromatic carbocycles. The summed E-state index contributed by atoms with van der Waals surface area (Å²) in [6.45, 7) is 10.7. The Balaban J connectivity index is 0.000000926. The van der Waals surface area contributed by atoms with Crippen molar-refractivity contribution in [3.8, 4) is 11.3 Å². The molecule has 6 heteroatoms. The second-order valence-electron chi connectivity index (χ2n) is 8.24. The van der Waals surface area contributed by atoms with E-state index in [4.69, 9.17) is 4.42 Å². The van der Waals surface area contributed by atoms with Gasteiger partial charge in [-0.05, 0) is 51.5 Å². The van der Waals surface area contributed by atoms with E-state index in [-0.39, 0.29) is 11.4 Å². The first kappa shape index (κ1) is 29.4. The first-order valence-corrected chi connectivity index (χ1v) is 11.7. The summed E-state index contributed by atoms with van der Waals surface area (Å²) in [6.07, 6.45) is 3.50. The minimum Gasteiger partial charge on any atom is -0.478 e. The van der Waals surface area contributed by atoms with E-state index in [1.54, 1.807) is 13.0 Å². The number of carbonyl (C=O) groups is 2. The number of allylic oxidation sites excluding steroid dienone is 2. The van der Waals surface area contributed by atoms with Gasteiger partial charge in [0.05, 0.1) is 11.6 Å². The van der Waals surface area contributed by atoms with Crippen LogP contribution in [0.15, 0.2) is 58.5 Å². The highest BCUT2D eigenvalue weighted by Gasteiger charge is 2.23. The molecule has 3 rings (SSSR count). The Morgan fingerprint density at radius 1 is 0.971 bits per heavy atom. The Bertz CT molecular complexity index is 1290. The van der Waals surface area contributed by atoms with Crippen LogP contribution in [0.1, 0.15) is 47.1 Å². The number of carbonyl (C=O) groups excluding carboxylic acids is 1. The third kappa shape index (κ3) is 7.15. The minimum atomic E-state index is -0.947. The van der Waals surface area contributed by atoms with Crippen LogP contribution in [0.25, 0.3) is 27.9 Å². The van der Waals surface area contributed by atoms with Gasteiger partial charge in [0.25, 0.3) is 0 Å². The number of carboxylic acids is 1. The van der Waals surface area contributed by atoms with Gasteiger partial charge < -0.3 is 19.2 Å². The molecule has 0 amide bonds. The Hall–Kier alpha value is -3.67. The average molecular weight is 480 g/mol. The third-order valence-electron chi connectivity index (χ3n) is 5.09. The molecule has 2 aliphatic rings. The molecule has 0 radical (unpaired) electrons. The van der Waals surface area contributed by atoms with E-state index in [9.17, 15) is 14.7 Å². The van der Waals surface area contributed by atoms with Gasteiger partial charge in [0.15, 0.2) is 0 Å². The lowest BCUT2D eigenvalue weighted by Gasteiger charge is -2.19. The monoisotopic (exact) mass is 479 g/mol. The van der Waals surface area contributed by atoms with Gasteiger partial charge in [-0.1, -0.05) is 26.0 Å². The summed E-state index contributed by atoms with van der Waals surface area (Å²) in [5, 5.41) is 11.7. The van der Waals surface area contributed by atoms with Gasteiger partial charge in [-0.25, -0.2) is 9.37 Å². The van der Waals surface area contributed by atoms with Crippen LogP contribution in [-0.2, 0) is 9.59 Å². The number of hydrogen-bond acceptors (Lipinski definition) is 4. The number of Topliss-reactive ketones (excluding diaryl/α,β-unsaturated/α-hetero) is 1. The van der Waals surface area contributed by atoms with Gasteiger partial charge in [0.2, 0.25) is 5.36 Å². The number of fused-ring (bicyclic) bond motifs is 2. The van der Waals surface area contributed by atoms with Crippen molar-refractivity contribution < 1.29 is 19.1 Å². The summed E-state index contributed by atoms with van der Waals surface area (Å²) in [7, 11) is 7.92. The Morgan fingerprint density at radius 3 is 2.03 bits per heavy atom. The number of anilines is 1. The van der Waals surface area contributed by atoms with E-state index in [1.165, 1.54) is 13.8 Å². The van der Waals surface area contributed by atoms with Crippen LogP contribution in [0.2, 0.25) is 0 Å². The zero-order valence-electron chi connectivity index (χ0n) is 22.7. The molecule has 1 heterocycles. The molecule has 0 fully saturated rings. The molecule has 0 unspecified atom stereocenters. The van der Waals surface area contributed by atoms with Gasteiger partial charge in [-0.2, -0.15) is 0 Å². The lowest BCUT2D eigenvalue weighted by Crippen LogP contribution is -2.21. The largest absolute Gasteiger partial charge is 0.478 e. The fraction of sp³-hybridized carbons (Fsp3) is 0.345. The van der Waals surface area contributed by atoms with Crippen molar-refractivity contribution in [3.63, 3.8) is 0 Å². The smallest absolute Gasteiger partial charge is 0.335 e. The molecule has 188 valence electrons. The Morgan fingerprint density at radius 2 is 1.57 bits per heavy atom.